The molecule has 6 nitrogen and oxygen atoms in total. The number of methoxy groups -OCH3 is 1. The molecule has 1 rings (SSSR count). The fourth-order valence-corrected chi connectivity index (χ4v) is 2.06. The quantitative estimate of drug-likeness (QED) is 0.724. The van der Waals surface area contributed by atoms with Crippen LogP contribution in [0, 0.1) is 5.92 Å². The summed E-state index contributed by atoms with van der Waals surface area (Å²) >= 11 is 0. The van der Waals surface area contributed by atoms with Crippen LogP contribution in [0.3, 0.4) is 0 Å². The molecule has 1 fully saturated rings. The van der Waals surface area contributed by atoms with Crippen molar-refractivity contribution >= 4 is 12.1 Å². The monoisotopic (exact) mass is 272 g/mol. The Morgan fingerprint density at radius 1 is 1.21 bits per heavy atom. The number of carbonyl (C=O) groups is 2. The van der Waals surface area contributed by atoms with Crippen molar-refractivity contribution in [1.82, 2.24) is 4.90 Å². The van der Waals surface area contributed by atoms with E-state index in [0.717, 1.165) is 0 Å². The maximum Gasteiger partial charge on any atom is 0.410 e. The maximum absolute atomic E-state index is 12.1. The third-order valence-electron chi connectivity index (χ3n) is 2.97. The summed E-state index contributed by atoms with van der Waals surface area (Å²) in [6.45, 7) is 6.12. The number of amides is 1. The summed E-state index contributed by atoms with van der Waals surface area (Å²) < 4.78 is 10.1. The van der Waals surface area contributed by atoms with E-state index in [1.165, 1.54) is 12.0 Å². The van der Waals surface area contributed by atoms with Crippen LogP contribution in [-0.4, -0.2) is 48.8 Å². The van der Waals surface area contributed by atoms with Crippen molar-refractivity contribution in [1.29, 1.82) is 0 Å². The summed E-state index contributed by atoms with van der Waals surface area (Å²) in [5.74, 6) is -0.631. The predicted molar refractivity (Wildman–Crippen MR) is 70.5 cm³/mol. The predicted octanol–water partition coefficient (Wildman–Crippen LogP) is 1.13. The second-order valence-corrected chi connectivity index (χ2v) is 5.94. The molecule has 0 unspecified atom stereocenters. The maximum atomic E-state index is 12.1. The topological polar surface area (TPSA) is 81.9 Å². The van der Waals surface area contributed by atoms with Gasteiger partial charge < -0.3 is 20.1 Å². The van der Waals surface area contributed by atoms with Crippen LogP contribution >= 0.6 is 0 Å². The Kier molecular flexibility index (Phi) is 5.17. The van der Waals surface area contributed by atoms with Gasteiger partial charge in [-0.3, -0.25) is 4.79 Å². The summed E-state index contributed by atoms with van der Waals surface area (Å²) in [6.07, 6.45) is 0.894. The Balaban J connectivity index is 2.74. The molecule has 19 heavy (non-hydrogen) atoms. The van der Waals surface area contributed by atoms with Gasteiger partial charge in [0.05, 0.1) is 13.0 Å². The van der Waals surface area contributed by atoms with Crippen LogP contribution in [0.5, 0.6) is 0 Å². The van der Waals surface area contributed by atoms with Gasteiger partial charge in [-0.2, -0.15) is 0 Å². The first kappa shape index (κ1) is 15.8. The molecule has 0 aromatic carbocycles. The molecule has 6 heteroatoms. The number of likely N-dealkylation sites (tertiary alicyclic amines) is 1. The minimum atomic E-state index is -0.561. The van der Waals surface area contributed by atoms with E-state index < -0.39 is 11.7 Å². The van der Waals surface area contributed by atoms with Gasteiger partial charge in [-0.1, -0.05) is 0 Å². The van der Waals surface area contributed by atoms with E-state index in [2.05, 4.69) is 0 Å². The first-order valence-corrected chi connectivity index (χ1v) is 6.54. The van der Waals surface area contributed by atoms with E-state index in [-0.39, 0.29) is 17.9 Å². The highest BCUT2D eigenvalue weighted by Crippen LogP contribution is 2.19. The van der Waals surface area contributed by atoms with Crippen LogP contribution in [0.4, 0.5) is 4.79 Å². The second-order valence-electron chi connectivity index (χ2n) is 5.94. The highest BCUT2D eigenvalue weighted by molar-refractivity contribution is 5.74. The van der Waals surface area contributed by atoms with Crippen LogP contribution < -0.4 is 5.73 Å². The van der Waals surface area contributed by atoms with Crippen molar-refractivity contribution in [2.24, 2.45) is 11.7 Å². The summed E-state index contributed by atoms with van der Waals surface area (Å²) in [4.78, 5) is 25.2. The molecule has 0 spiro atoms. The van der Waals surface area contributed by atoms with Gasteiger partial charge in [-0.15, -0.1) is 0 Å². The van der Waals surface area contributed by atoms with E-state index in [1.807, 2.05) is 0 Å². The molecular weight excluding hydrogens is 248 g/mol. The molecule has 2 N–H and O–H groups in total. The zero-order valence-electron chi connectivity index (χ0n) is 12.1. The van der Waals surface area contributed by atoms with Crippen molar-refractivity contribution in [2.45, 2.75) is 45.3 Å². The summed E-state index contributed by atoms with van der Waals surface area (Å²) in [5, 5.41) is 0. The molecule has 0 aromatic rings. The van der Waals surface area contributed by atoms with Crippen LogP contribution in [0.2, 0.25) is 0 Å². The van der Waals surface area contributed by atoms with Gasteiger partial charge >= 0.3 is 12.1 Å². The third-order valence-corrected chi connectivity index (χ3v) is 2.97. The van der Waals surface area contributed by atoms with E-state index >= 15 is 0 Å². The number of nitrogens with two attached hydrogens (primary N) is 1. The average Bonchev–Trinajstić information content (AvgIpc) is 2.48. The molecule has 110 valence electrons. The van der Waals surface area contributed by atoms with Crippen LogP contribution in [-0.2, 0) is 14.3 Å². The Bertz CT molecular complexity index is 338. The molecule has 1 aliphatic rings. The average molecular weight is 272 g/mol. The Hall–Kier alpha value is -1.30. The zero-order valence-corrected chi connectivity index (χ0v) is 12.1. The summed E-state index contributed by atoms with van der Waals surface area (Å²) in [6, 6.07) is -0.137. The number of ether oxygens (including phenoxy) is 2. The lowest BCUT2D eigenvalue weighted by molar-refractivity contribution is -0.146. The summed E-state index contributed by atoms with van der Waals surface area (Å²) in [7, 11) is 1.35. The van der Waals surface area contributed by atoms with Crippen LogP contribution in [0.25, 0.3) is 0 Å². The van der Waals surface area contributed by atoms with Gasteiger partial charge in [0, 0.05) is 19.1 Å². The van der Waals surface area contributed by atoms with Gasteiger partial charge in [0.2, 0.25) is 0 Å². The molecular formula is C13H24N2O4. The number of hydrogen-bond acceptors (Lipinski definition) is 5. The smallest absolute Gasteiger partial charge is 0.410 e. The Labute approximate surface area is 114 Å². The fraction of sp³-hybridized carbons (Fsp3) is 0.846. The van der Waals surface area contributed by atoms with Crippen molar-refractivity contribution in [3.8, 4) is 0 Å². The third kappa shape index (κ3) is 5.06. The highest BCUT2D eigenvalue weighted by atomic mass is 16.6. The minimum Gasteiger partial charge on any atom is -0.469 e. The van der Waals surface area contributed by atoms with Crippen molar-refractivity contribution < 1.29 is 19.1 Å². The van der Waals surface area contributed by atoms with E-state index in [9.17, 15) is 9.59 Å². The standard InChI is InChI=1S/C13H24N2O4/c1-13(2,3)19-12(17)15-7-9(11(16)18-4)5-6-10(14)8-15/h9-10H,5-8,14H2,1-4H3/t9-,10-/m0/s1. The molecule has 1 aliphatic heterocycles. The molecule has 0 radical (unpaired) electrons. The zero-order chi connectivity index (χ0) is 14.6. The molecule has 1 heterocycles. The highest BCUT2D eigenvalue weighted by Gasteiger charge is 2.32. The van der Waals surface area contributed by atoms with Crippen molar-refractivity contribution in [3.63, 3.8) is 0 Å². The first-order valence-electron chi connectivity index (χ1n) is 6.54. The lowest BCUT2D eigenvalue weighted by atomic mass is 10.0. The van der Waals surface area contributed by atoms with Gasteiger partial charge in [0.15, 0.2) is 0 Å². The number of hydrogen-bond donors (Lipinski definition) is 1. The lowest BCUT2D eigenvalue weighted by Gasteiger charge is -2.28. The SMILES string of the molecule is COC(=O)[C@H]1CC[C@H](N)CN(C(=O)OC(C)(C)C)C1. The number of esters is 1. The minimum absolute atomic E-state index is 0.137. The first-order chi connectivity index (χ1) is 8.73. The van der Waals surface area contributed by atoms with Gasteiger partial charge in [-0.25, -0.2) is 4.79 Å². The molecule has 0 aliphatic carbocycles. The number of nitrogens with zero attached hydrogens (tertiary/aromatic N) is 1. The molecule has 0 aromatic heterocycles. The second kappa shape index (κ2) is 6.23. The van der Waals surface area contributed by atoms with Gasteiger partial charge in [0.1, 0.15) is 5.60 Å². The molecule has 0 bridgehead atoms. The number of rotatable bonds is 1. The molecule has 2 atom stereocenters. The van der Waals surface area contributed by atoms with Crippen LogP contribution in [0.15, 0.2) is 0 Å². The Morgan fingerprint density at radius 2 is 1.84 bits per heavy atom. The fourth-order valence-electron chi connectivity index (χ4n) is 2.06. The van der Waals surface area contributed by atoms with Crippen molar-refractivity contribution in [2.75, 3.05) is 20.2 Å². The summed E-state index contributed by atoms with van der Waals surface area (Å²) in [5.41, 5.74) is 5.37. The van der Waals surface area contributed by atoms with Gasteiger partial charge in [-0.05, 0) is 33.6 Å². The van der Waals surface area contributed by atoms with E-state index in [1.54, 1.807) is 20.8 Å². The Morgan fingerprint density at radius 3 is 2.37 bits per heavy atom. The normalized spacial score (nSPS) is 24.6. The molecule has 0 saturated carbocycles. The largest absolute Gasteiger partial charge is 0.469 e. The number of carbonyl (C=O) groups excluding carboxylic acids is 2. The van der Waals surface area contributed by atoms with E-state index in [0.29, 0.717) is 25.9 Å². The molecule has 1 amide bonds. The molecule has 1 saturated heterocycles. The van der Waals surface area contributed by atoms with Crippen molar-refractivity contribution in [3.05, 3.63) is 0 Å². The van der Waals surface area contributed by atoms with E-state index in [4.69, 9.17) is 15.2 Å². The van der Waals surface area contributed by atoms with Crippen LogP contribution in [0.1, 0.15) is 33.6 Å². The van der Waals surface area contributed by atoms with Gasteiger partial charge in [0.25, 0.3) is 0 Å². The lowest BCUT2D eigenvalue weighted by Crippen LogP contribution is -2.44.